The molecule has 3 rings (SSSR count). The lowest BCUT2D eigenvalue weighted by Gasteiger charge is -2.16. The molecule has 0 aromatic carbocycles. The fourth-order valence-corrected chi connectivity index (χ4v) is 2.56. The number of aromatic nitrogens is 2. The minimum atomic E-state index is 0.119. The van der Waals surface area contributed by atoms with Crippen LogP contribution < -0.4 is 0 Å². The van der Waals surface area contributed by atoms with Gasteiger partial charge in [0.05, 0.1) is 0 Å². The van der Waals surface area contributed by atoms with Crippen molar-refractivity contribution in [3.05, 3.63) is 46.7 Å². The molecule has 3 heterocycles. The zero-order valence-electron chi connectivity index (χ0n) is 10.9. The number of nitrogens with zero attached hydrogens (tertiary/aromatic N) is 6. The average Bonchev–Trinajstić information content (AvgIpc) is 3.03. The maximum Gasteiger partial charge on any atom is 0.223 e. The van der Waals surface area contributed by atoms with Crippen LogP contribution in [0.25, 0.3) is 16.1 Å². The van der Waals surface area contributed by atoms with Crippen molar-refractivity contribution < 1.29 is 4.79 Å². The lowest BCUT2D eigenvalue weighted by Crippen LogP contribution is -2.25. The summed E-state index contributed by atoms with van der Waals surface area (Å²) in [7, 11) is 0. The molecule has 1 amide bonds. The Labute approximate surface area is 115 Å². The lowest BCUT2D eigenvalue weighted by molar-refractivity contribution is -0.128. The molecule has 1 unspecified atom stereocenters. The Balaban J connectivity index is 1.70. The molecular formula is C13H14N6O. The number of pyridine rings is 1. The fraction of sp³-hybridized carbons (Fsp3) is 0.385. The van der Waals surface area contributed by atoms with Crippen LogP contribution >= 0.6 is 0 Å². The summed E-state index contributed by atoms with van der Waals surface area (Å²) in [6.07, 6.45) is 6.08. The number of likely N-dealkylation sites (tertiary alicyclic amines) is 1. The highest BCUT2D eigenvalue weighted by Crippen LogP contribution is 2.20. The van der Waals surface area contributed by atoms with Crippen molar-refractivity contribution in [2.75, 3.05) is 13.1 Å². The van der Waals surface area contributed by atoms with Crippen LogP contribution in [0.4, 0.5) is 0 Å². The van der Waals surface area contributed by atoms with Gasteiger partial charge in [0.1, 0.15) is 5.65 Å². The first-order valence-corrected chi connectivity index (χ1v) is 6.46. The minimum absolute atomic E-state index is 0.119. The van der Waals surface area contributed by atoms with Gasteiger partial charge >= 0.3 is 0 Å². The summed E-state index contributed by atoms with van der Waals surface area (Å²) in [5, 5.41) is 3.55. The normalized spacial score (nSPS) is 18.5. The zero-order valence-corrected chi connectivity index (χ0v) is 10.9. The molecule has 0 N–H and O–H groups in total. The monoisotopic (exact) mass is 270 g/mol. The summed E-state index contributed by atoms with van der Waals surface area (Å²) in [6, 6.07) is 3.92. The maximum absolute atomic E-state index is 11.9. The first-order valence-electron chi connectivity index (χ1n) is 6.46. The number of carbonyl (C=O) groups is 1. The highest BCUT2D eigenvalue weighted by atomic mass is 16.2. The molecule has 1 fully saturated rings. The van der Waals surface area contributed by atoms with Gasteiger partial charge in [-0.1, -0.05) is 11.2 Å². The molecule has 7 heteroatoms. The molecule has 102 valence electrons. The molecule has 1 aliphatic heterocycles. The van der Waals surface area contributed by atoms with Crippen molar-refractivity contribution in [1.82, 2.24) is 14.3 Å². The van der Waals surface area contributed by atoms with Crippen LogP contribution in [0.2, 0.25) is 0 Å². The number of carbonyl (C=O) groups excluding carboxylic acids is 1. The van der Waals surface area contributed by atoms with Crippen LogP contribution in [0.3, 0.4) is 0 Å². The predicted octanol–water partition coefficient (Wildman–Crippen LogP) is 1.99. The molecular weight excluding hydrogens is 256 g/mol. The molecule has 2 aromatic rings. The van der Waals surface area contributed by atoms with Gasteiger partial charge in [0, 0.05) is 49.6 Å². The Morgan fingerprint density at radius 2 is 2.40 bits per heavy atom. The first kappa shape index (κ1) is 12.5. The number of rotatable bonds is 4. The second-order valence-electron chi connectivity index (χ2n) is 4.99. The highest BCUT2D eigenvalue weighted by molar-refractivity contribution is 5.78. The summed E-state index contributed by atoms with van der Waals surface area (Å²) < 4.78 is 1.94. The van der Waals surface area contributed by atoms with Gasteiger partial charge in [-0.15, -0.1) is 0 Å². The summed E-state index contributed by atoms with van der Waals surface area (Å²) in [6.45, 7) is 1.62. The van der Waals surface area contributed by atoms with Gasteiger partial charge in [0.25, 0.3) is 0 Å². The van der Waals surface area contributed by atoms with Gasteiger partial charge in [0.2, 0.25) is 5.91 Å². The summed E-state index contributed by atoms with van der Waals surface area (Å²) in [5.41, 5.74) is 10.3. The van der Waals surface area contributed by atoms with E-state index < -0.39 is 0 Å². The largest absolute Gasteiger partial charge is 0.338 e. The smallest absolute Gasteiger partial charge is 0.223 e. The molecule has 0 aliphatic carbocycles. The zero-order chi connectivity index (χ0) is 13.9. The molecule has 0 radical (unpaired) electrons. The van der Waals surface area contributed by atoms with E-state index in [0.29, 0.717) is 26.1 Å². The molecule has 0 saturated carbocycles. The van der Waals surface area contributed by atoms with Crippen molar-refractivity contribution in [1.29, 1.82) is 0 Å². The van der Waals surface area contributed by atoms with E-state index in [-0.39, 0.29) is 11.8 Å². The summed E-state index contributed by atoms with van der Waals surface area (Å²) in [4.78, 5) is 20.7. The molecule has 0 spiro atoms. The minimum Gasteiger partial charge on any atom is -0.338 e. The van der Waals surface area contributed by atoms with Gasteiger partial charge in [-0.2, -0.15) is 0 Å². The number of hydrogen-bond donors (Lipinski definition) is 0. The SMILES string of the molecule is [N-]=[N+]=NCC1CC(=O)N(Cc2ccc3nccn3c2)C1. The quantitative estimate of drug-likeness (QED) is 0.483. The Morgan fingerprint density at radius 3 is 3.25 bits per heavy atom. The van der Waals surface area contributed by atoms with Crippen LogP contribution in [-0.2, 0) is 11.3 Å². The molecule has 20 heavy (non-hydrogen) atoms. The standard InChI is InChI=1S/C13H14N6O/c14-17-16-6-11-5-13(20)19(9-11)8-10-1-2-12-15-3-4-18(12)7-10/h1-4,7,11H,5-6,8-9H2. The first-order chi connectivity index (χ1) is 9.76. The second kappa shape index (κ2) is 5.22. The van der Waals surface area contributed by atoms with E-state index in [0.717, 1.165) is 11.2 Å². The number of fused-ring (bicyclic) bond motifs is 1. The fourth-order valence-electron chi connectivity index (χ4n) is 2.56. The molecule has 2 aromatic heterocycles. The van der Waals surface area contributed by atoms with Crippen molar-refractivity contribution in [3.8, 4) is 0 Å². The van der Waals surface area contributed by atoms with Gasteiger partial charge < -0.3 is 9.30 Å². The predicted molar refractivity (Wildman–Crippen MR) is 72.7 cm³/mol. The van der Waals surface area contributed by atoms with Gasteiger partial charge in [-0.05, 0) is 23.1 Å². The Kier molecular flexibility index (Phi) is 3.26. The number of amides is 1. The highest BCUT2D eigenvalue weighted by Gasteiger charge is 2.28. The van der Waals surface area contributed by atoms with E-state index in [4.69, 9.17) is 5.53 Å². The van der Waals surface area contributed by atoms with E-state index in [9.17, 15) is 4.79 Å². The number of imidazole rings is 1. The third kappa shape index (κ3) is 2.44. The second-order valence-corrected chi connectivity index (χ2v) is 4.99. The molecule has 1 atom stereocenters. The third-order valence-electron chi connectivity index (χ3n) is 3.52. The topological polar surface area (TPSA) is 86.4 Å². The Morgan fingerprint density at radius 1 is 1.50 bits per heavy atom. The Hall–Kier alpha value is -2.53. The van der Waals surface area contributed by atoms with Gasteiger partial charge in [-0.3, -0.25) is 4.79 Å². The lowest BCUT2D eigenvalue weighted by atomic mass is 10.1. The average molecular weight is 270 g/mol. The maximum atomic E-state index is 11.9. The van der Waals surface area contributed by atoms with E-state index in [1.807, 2.05) is 33.8 Å². The molecule has 7 nitrogen and oxygen atoms in total. The molecule has 1 aliphatic rings. The molecule has 1 saturated heterocycles. The van der Waals surface area contributed by atoms with Crippen LogP contribution in [0, 0.1) is 5.92 Å². The number of hydrogen-bond acceptors (Lipinski definition) is 3. The van der Waals surface area contributed by atoms with Crippen molar-refractivity contribution >= 4 is 11.6 Å². The van der Waals surface area contributed by atoms with Crippen LogP contribution in [0.5, 0.6) is 0 Å². The van der Waals surface area contributed by atoms with Crippen LogP contribution in [0.1, 0.15) is 12.0 Å². The number of azide groups is 1. The van der Waals surface area contributed by atoms with Gasteiger partial charge in [-0.25, -0.2) is 4.98 Å². The van der Waals surface area contributed by atoms with E-state index >= 15 is 0 Å². The molecule has 0 bridgehead atoms. The third-order valence-corrected chi connectivity index (χ3v) is 3.52. The van der Waals surface area contributed by atoms with Crippen molar-refractivity contribution in [2.24, 2.45) is 11.0 Å². The van der Waals surface area contributed by atoms with E-state index in [1.54, 1.807) is 6.20 Å². The van der Waals surface area contributed by atoms with Crippen molar-refractivity contribution in [3.63, 3.8) is 0 Å². The van der Waals surface area contributed by atoms with Crippen LogP contribution in [-0.4, -0.2) is 33.3 Å². The van der Waals surface area contributed by atoms with Crippen molar-refractivity contribution in [2.45, 2.75) is 13.0 Å². The Bertz CT molecular complexity index is 687. The van der Waals surface area contributed by atoms with Crippen LogP contribution in [0.15, 0.2) is 35.8 Å². The van der Waals surface area contributed by atoms with E-state index in [1.165, 1.54) is 0 Å². The summed E-state index contributed by atoms with van der Waals surface area (Å²) in [5.74, 6) is 0.254. The van der Waals surface area contributed by atoms with Gasteiger partial charge in [0.15, 0.2) is 0 Å². The summed E-state index contributed by atoms with van der Waals surface area (Å²) >= 11 is 0. The van der Waals surface area contributed by atoms with E-state index in [2.05, 4.69) is 15.0 Å².